The van der Waals surface area contributed by atoms with Crippen molar-refractivity contribution >= 4 is 28.9 Å². The SMILES string of the molecule is Cc1ncsc1C(=O)Nc1ccc(-n2cnc(C)c2C)cc1.O=C(O)C(F)(F)F. The first-order valence-electron chi connectivity index (χ1n) is 8.13. The molecule has 3 aromatic rings. The molecule has 0 atom stereocenters. The highest BCUT2D eigenvalue weighted by molar-refractivity contribution is 7.12. The second-order valence-electron chi connectivity index (χ2n) is 5.86. The second kappa shape index (κ2) is 8.86. The molecular weight excluding hydrogens is 409 g/mol. The van der Waals surface area contributed by atoms with Crippen LogP contribution in [0.3, 0.4) is 0 Å². The van der Waals surface area contributed by atoms with Crippen molar-refractivity contribution in [3.63, 3.8) is 0 Å². The Morgan fingerprint density at radius 2 is 1.66 bits per heavy atom. The van der Waals surface area contributed by atoms with Crippen LogP contribution in [0.25, 0.3) is 5.69 Å². The van der Waals surface area contributed by atoms with Crippen LogP contribution in [0.4, 0.5) is 18.9 Å². The van der Waals surface area contributed by atoms with Crippen molar-refractivity contribution < 1.29 is 27.9 Å². The minimum absolute atomic E-state index is 0.123. The largest absolute Gasteiger partial charge is 0.490 e. The monoisotopic (exact) mass is 426 g/mol. The van der Waals surface area contributed by atoms with E-state index in [4.69, 9.17) is 9.90 Å². The Morgan fingerprint density at radius 3 is 2.07 bits per heavy atom. The number of thiazole rings is 1. The highest BCUT2D eigenvalue weighted by atomic mass is 32.1. The number of carboxylic acids is 1. The molecule has 0 aliphatic heterocycles. The molecule has 154 valence electrons. The number of imidazole rings is 1. The number of halogens is 3. The van der Waals surface area contributed by atoms with Gasteiger partial charge in [0.15, 0.2) is 0 Å². The van der Waals surface area contributed by atoms with Gasteiger partial charge in [-0.1, -0.05) is 0 Å². The molecule has 11 heteroatoms. The molecule has 0 fully saturated rings. The number of carbonyl (C=O) groups is 2. The molecule has 1 aromatic carbocycles. The number of carboxylic acid groups (broad SMARTS) is 1. The van der Waals surface area contributed by atoms with Gasteiger partial charge in [-0.05, 0) is 45.0 Å². The summed E-state index contributed by atoms with van der Waals surface area (Å²) in [6.07, 6.45) is -3.28. The zero-order valence-electron chi connectivity index (χ0n) is 15.6. The third kappa shape index (κ3) is 5.64. The van der Waals surface area contributed by atoms with Crippen LogP contribution in [0, 0.1) is 20.8 Å². The molecule has 0 saturated carbocycles. The lowest BCUT2D eigenvalue weighted by Gasteiger charge is -2.08. The number of hydrogen-bond donors (Lipinski definition) is 2. The molecule has 0 radical (unpaired) electrons. The van der Waals surface area contributed by atoms with Crippen LogP contribution in [0.1, 0.15) is 26.8 Å². The summed E-state index contributed by atoms with van der Waals surface area (Å²) in [5, 5.41) is 10.0. The summed E-state index contributed by atoms with van der Waals surface area (Å²) in [6, 6.07) is 7.70. The number of alkyl halides is 3. The Hall–Kier alpha value is -3.21. The number of anilines is 1. The van der Waals surface area contributed by atoms with Gasteiger partial charge < -0.3 is 15.0 Å². The molecule has 2 N–H and O–H groups in total. The molecule has 2 heterocycles. The van der Waals surface area contributed by atoms with Crippen molar-refractivity contribution in [3.05, 3.63) is 58.1 Å². The van der Waals surface area contributed by atoms with Crippen molar-refractivity contribution in [2.24, 2.45) is 0 Å². The van der Waals surface area contributed by atoms with Crippen LogP contribution < -0.4 is 5.32 Å². The molecule has 0 spiro atoms. The van der Waals surface area contributed by atoms with E-state index in [-0.39, 0.29) is 5.91 Å². The first-order valence-corrected chi connectivity index (χ1v) is 9.01. The molecule has 0 aliphatic carbocycles. The second-order valence-corrected chi connectivity index (χ2v) is 6.71. The predicted molar refractivity (Wildman–Crippen MR) is 102 cm³/mol. The smallest absolute Gasteiger partial charge is 0.475 e. The first kappa shape index (κ1) is 22.1. The van der Waals surface area contributed by atoms with Crippen molar-refractivity contribution in [1.82, 2.24) is 14.5 Å². The predicted octanol–water partition coefficient (Wildman–Crippen LogP) is 4.14. The number of nitrogens with one attached hydrogen (secondary N) is 1. The van der Waals surface area contributed by atoms with E-state index >= 15 is 0 Å². The summed E-state index contributed by atoms with van der Waals surface area (Å²) in [5.41, 5.74) is 6.33. The van der Waals surface area contributed by atoms with Crippen LogP contribution in [0.5, 0.6) is 0 Å². The van der Waals surface area contributed by atoms with Gasteiger partial charge in [0.1, 0.15) is 4.88 Å². The van der Waals surface area contributed by atoms with E-state index in [1.165, 1.54) is 11.3 Å². The zero-order valence-corrected chi connectivity index (χ0v) is 16.4. The molecule has 0 bridgehead atoms. The topological polar surface area (TPSA) is 97.1 Å². The van der Waals surface area contributed by atoms with Gasteiger partial charge in [0, 0.05) is 17.1 Å². The lowest BCUT2D eigenvalue weighted by Crippen LogP contribution is -2.21. The number of benzene rings is 1. The summed E-state index contributed by atoms with van der Waals surface area (Å²) in [4.78, 5) is 30.1. The zero-order chi connectivity index (χ0) is 21.8. The number of carbonyl (C=O) groups excluding carboxylic acids is 1. The van der Waals surface area contributed by atoms with Gasteiger partial charge >= 0.3 is 12.1 Å². The number of nitrogens with zero attached hydrogens (tertiary/aromatic N) is 3. The maximum Gasteiger partial charge on any atom is 0.490 e. The minimum atomic E-state index is -5.08. The molecule has 29 heavy (non-hydrogen) atoms. The molecule has 1 amide bonds. The molecule has 0 unspecified atom stereocenters. The Bertz CT molecular complexity index is 1010. The quantitative estimate of drug-likeness (QED) is 0.656. The molecule has 2 aromatic heterocycles. The Morgan fingerprint density at radius 1 is 1.07 bits per heavy atom. The molecule has 0 aliphatic rings. The van der Waals surface area contributed by atoms with Crippen LogP contribution in [0.2, 0.25) is 0 Å². The lowest BCUT2D eigenvalue weighted by atomic mass is 10.2. The summed E-state index contributed by atoms with van der Waals surface area (Å²) < 4.78 is 33.8. The number of amides is 1. The van der Waals surface area contributed by atoms with Gasteiger partial charge in [-0.2, -0.15) is 13.2 Å². The Kier molecular flexibility index (Phi) is 6.75. The van der Waals surface area contributed by atoms with Crippen LogP contribution in [0.15, 0.2) is 36.1 Å². The van der Waals surface area contributed by atoms with E-state index in [2.05, 4.69) is 15.3 Å². The fourth-order valence-electron chi connectivity index (χ4n) is 2.17. The van der Waals surface area contributed by atoms with Gasteiger partial charge in [0.2, 0.25) is 0 Å². The molecule has 7 nitrogen and oxygen atoms in total. The van der Waals surface area contributed by atoms with E-state index in [9.17, 15) is 18.0 Å². The first-order chi connectivity index (χ1) is 13.5. The van der Waals surface area contributed by atoms with Gasteiger partial charge in [0.25, 0.3) is 5.91 Å². The lowest BCUT2D eigenvalue weighted by molar-refractivity contribution is -0.192. The average molecular weight is 426 g/mol. The molecule has 3 rings (SSSR count). The molecular formula is C18H17F3N4O3S. The van der Waals surface area contributed by atoms with Crippen LogP contribution >= 0.6 is 11.3 Å². The third-order valence-corrected chi connectivity index (χ3v) is 4.78. The van der Waals surface area contributed by atoms with E-state index in [1.54, 1.807) is 11.8 Å². The van der Waals surface area contributed by atoms with E-state index in [1.807, 2.05) is 49.6 Å². The maximum atomic E-state index is 12.2. The Balaban J connectivity index is 0.000000370. The van der Waals surface area contributed by atoms with E-state index in [0.29, 0.717) is 4.88 Å². The number of aliphatic carboxylic acids is 1. The number of hydrogen-bond acceptors (Lipinski definition) is 5. The van der Waals surface area contributed by atoms with Gasteiger partial charge in [-0.15, -0.1) is 11.3 Å². The van der Waals surface area contributed by atoms with E-state index in [0.717, 1.165) is 28.5 Å². The minimum Gasteiger partial charge on any atom is -0.475 e. The normalized spacial score (nSPS) is 10.8. The summed E-state index contributed by atoms with van der Waals surface area (Å²) in [5.74, 6) is -2.88. The Labute approximate surface area is 167 Å². The standard InChI is InChI=1S/C16H16N4OS.C2HF3O2/c1-10-12(3)20(8-17-10)14-6-4-13(5-7-14)19-16(21)15-11(2)18-9-22-15;3-2(4,5)1(6)7/h4-9H,1-3H3,(H,19,21);(H,6,7). The highest BCUT2D eigenvalue weighted by Gasteiger charge is 2.38. The van der Waals surface area contributed by atoms with Gasteiger partial charge in [-0.25, -0.2) is 14.8 Å². The summed E-state index contributed by atoms with van der Waals surface area (Å²) in [6.45, 7) is 5.85. The average Bonchev–Trinajstić information content (AvgIpc) is 3.22. The van der Waals surface area contributed by atoms with Crippen molar-refractivity contribution in [1.29, 1.82) is 0 Å². The molecule has 0 saturated heterocycles. The summed E-state index contributed by atoms with van der Waals surface area (Å²) >= 11 is 1.35. The van der Waals surface area contributed by atoms with E-state index < -0.39 is 12.1 Å². The fourth-order valence-corrected chi connectivity index (χ4v) is 2.87. The third-order valence-electron chi connectivity index (χ3n) is 3.85. The van der Waals surface area contributed by atoms with Crippen LogP contribution in [-0.2, 0) is 4.79 Å². The van der Waals surface area contributed by atoms with Crippen LogP contribution in [-0.4, -0.2) is 37.7 Å². The van der Waals surface area contributed by atoms with Crippen molar-refractivity contribution in [2.45, 2.75) is 26.9 Å². The number of aromatic nitrogens is 3. The number of aryl methyl sites for hydroxylation is 2. The maximum absolute atomic E-state index is 12.2. The van der Waals surface area contributed by atoms with Gasteiger partial charge in [-0.3, -0.25) is 4.79 Å². The fraction of sp³-hybridized carbons (Fsp3) is 0.222. The van der Waals surface area contributed by atoms with Crippen molar-refractivity contribution in [3.8, 4) is 5.69 Å². The van der Waals surface area contributed by atoms with Crippen molar-refractivity contribution in [2.75, 3.05) is 5.32 Å². The highest BCUT2D eigenvalue weighted by Crippen LogP contribution is 2.19. The number of rotatable bonds is 3. The summed E-state index contributed by atoms with van der Waals surface area (Å²) in [7, 11) is 0. The van der Waals surface area contributed by atoms with Gasteiger partial charge in [0.05, 0.1) is 23.2 Å².